The lowest BCUT2D eigenvalue weighted by Crippen LogP contribution is -2.25. The standard InChI is InChI=1S/C17H23N3OS/c1-12(2)10-11-18-16(21)15-13(3)19-17(22-15)20(4)14-8-6-5-7-9-14/h5-9,12H,10-11H2,1-4H3,(H,18,21). The third kappa shape index (κ3) is 4.07. The number of hydrogen-bond donors (Lipinski definition) is 1. The van der Waals surface area contributed by atoms with Gasteiger partial charge in [0.05, 0.1) is 5.69 Å². The molecule has 22 heavy (non-hydrogen) atoms. The summed E-state index contributed by atoms with van der Waals surface area (Å²) in [6.07, 6.45) is 0.986. The lowest BCUT2D eigenvalue weighted by molar-refractivity contribution is 0.0955. The van der Waals surface area contributed by atoms with Gasteiger partial charge in [-0.05, 0) is 31.4 Å². The Morgan fingerprint density at radius 2 is 2.00 bits per heavy atom. The van der Waals surface area contributed by atoms with Crippen LogP contribution < -0.4 is 10.2 Å². The minimum atomic E-state index is -0.0247. The van der Waals surface area contributed by atoms with E-state index in [9.17, 15) is 4.79 Å². The number of amides is 1. The number of aromatic nitrogens is 1. The molecule has 0 aliphatic carbocycles. The van der Waals surface area contributed by atoms with E-state index in [1.54, 1.807) is 0 Å². The Hall–Kier alpha value is -1.88. The molecule has 118 valence electrons. The number of carbonyl (C=O) groups is 1. The number of rotatable bonds is 6. The normalized spacial score (nSPS) is 10.8. The van der Waals surface area contributed by atoms with E-state index in [4.69, 9.17) is 0 Å². The molecule has 1 N–H and O–H groups in total. The van der Waals surface area contributed by atoms with E-state index < -0.39 is 0 Å². The van der Waals surface area contributed by atoms with Crippen LogP contribution in [0.2, 0.25) is 0 Å². The van der Waals surface area contributed by atoms with Gasteiger partial charge in [-0.2, -0.15) is 0 Å². The Morgan fingerprint density at radius 1 is 1.32 bits per heavy atom. The maximum absolute atomic E-state index is 12.3. The monoisotopic (exact) mass is 317 g/mol. The third-order valence-corrected chi connectivity index (χ3v) is 4.66. The zero-order valence-electron chi connectivity index (χ0n) is 13.6. The molecular formula is C17H23N3OS. The first kappa shape index (κ1) is 16.5. The Kier molecular flexibility index (Phi) is 5.55. The molecule has 1 heterocycles. The summed E-state index contributed by atoms with van der Waals surface area (Å²) in [4.78, 5) is 19.5. The van der Waals surface area contributed by atoms with Gasteiger partial charge in [0.2, 0.25) is 0 Å². The second kappa shape index (κ2) is 7.40. The van der Waals surface area contributed by atoms with Crippen LogP contribution in [0.25, 0.3) is 0 Å². The Morgan fingerprint density at radius 3 is 2.64 bits per heavy atom. The van der Waals surface area contributed by atoms with Crippen LogP contribution >= 0.6 is 11.3 Å². The Labute approximate surface area is 136 Å². The summed E-state index contributed by atoms with van der Waals surface area (Å²) in [5, 5.41) is 3.81. The van der Waals surface area contributed by atoms with Gasteiger partial charge in [0.15, 0.2) is 5.13 Å². The average Bonchev–Trinajstić information content (AvgIpc) is 2.89. The van der Waals surface area contributed by atoms with Crippen LogP contribution in [-0.2, 0) is 0 Å². The molecule has 4 nitrogen and oxygen atoms in total. The van der Waals surface area contributed by atoms with Crippen molar-refractivity contribution < 1.29 is 4.79 Å². The van der Waals surface area contributed by atoms with E-state index in [-0.39, 0.29) is 5.91 Å². The molecule has 0 atom stereocenters. The number of carbonyl (C=O) groups excluding carboxylic acids is 1. The molecule has 0 unspecified atom stereocenters. The van der Waals surface area contributed by atoms with Crippen molar-refractivity contribution in [2.75, 3.05) is 18.5 Å². The number of thiazole rings is 1. The number of nitrogens with one attached hydrogen (secondary N) is 1. The SMILES string of the molecule is Cc1nc(N(C)c2ccccc2)sc1C(=O)NCCC(C)C. The highest BCUT2D eigenvalue weighted by Gasteiger charge is 2.17. The largest absolute Gasteiger partial charge is 0.351 e. The third-order valence-electron chi connectivity index (χ3n) is 3.43. The van der Waals surface area contributed by atoms with Gasteiger partial charge in [0.25, 0.3) is 5.91 Å². The van der Waals surface area contributed by atoms with Gasteiger partial charge in [0, 0.05) is 19.3 Å². The van der Waals surface area contributed by atoms with E-state index >= 15 is 0 Å². The van der Waals surface area contributed by atoms with E-state index in [1.807, 2.05) is 49.2 Å². The molecule has 0 fully saturated rings. The number of anilines is 2. The molecule has 0 aliphatic rings. The molecule has 0 saturated carbocycles. The first-order valence-electron chi connectivity index (χ1n) is 7.53. The summed E-state index contributed by atoms with van der Waals surface area (Å²) in [6, 6.07) is 10.0. The van der Waals surface area contributed by atoms with Gasteiger partial charge in [0.1, 0.15) is 4.88 Å². The van der Waals surface area contributed by atoms with Gasteiger partial charge in [-0.1, -0.05) is 43.4 Å². The van der Waals surface area contributed by atoms with E-state index in [2.05, 4.69) is 24.1 Å². The van der Waals surface area contributed by atoms with Gasteiger partial charge in [-0.15, -0.1) is 0 Å². The lowest BCUT2D eigenvalue weighted by Gasteiger charge is -2.15. The minimum absolute atomic E-state index is 0.0247. The number of benzene rings is 1. The second-order valence-corrected chi connectivity index (χ2v) is 6.72. The van der Waals surface area contributed by atoms with Crippen molar-refractivity contribution in [2.45, 2.75) is 27.2 Å². The zero-order chi connectivity index (χ0) is 16.1. The summed E-state index contributed by atoms with van der Waals surface area (Å²) < 4.78 is 0. The number of para-hydroxylation sites is 1. The van der Waals surface area contributed by atoms with Crippen LogP contribution in [-0.4, -0.2) is 24.5 Å². The van der Waals surface area contributed by atoms with Crippen molar-refractivity contribution in [3.63, 3.8) is 0 Å². The molecule has 0 radical (unpaired) electrons. The molecule has 0 spiro atoms. The molecule has 0 bridgehead atoms. The molecule has 2 aromatic rings. The van der Waals surface area contributed by atoms with Crippen molar-refractivity contribution in [3.8, 4) is 0 Å². The molecule has 5 heteroatoms. The van der Waals surface area contributed by atoms with Gasteiger partial charge in [-0.25, -0.2) is 4.98 Å². The summed E-state index contributed by atoms with van der Waals surface area (Å²) in [6.45, 7) is 6.89. The first-order valence-corrected chi connectivity index (χ1v) is 8.35. The lowest BCUT2D eigenvalue weighted by atomic mass is 10.1. The predicted molar refractivity (Wildman–Crippen MR) is 93.1 cm³/mol. The van der Waals surface area contributed by atoms with Crippen LogP contribution in [0, 0.1) is 12.8 Å². The zero-order valence-corrected chi connectivity index (χ0v) is 14.4. The van der Waals surface area contributed by atoms with Crippen LogP contribution in [0.15, 0.2) is 30.3 Å². The molecule has 2 rings (SSSR count). The fraction of sp³-hybridized carbons (Fsp3) is 0.412. The number of hydrogen-bond acceptors (Lipinski definition) is 4. The van der Waals surface area contributed by atoms with E-state index in [0.717, 1.165) is 22.9 Å². The van der Waals surface area contributed by atoms with Crippen LogP contribution in [0.1, 0.15) is 35.6 Å². The Bertz CT molecular complexity index is 622. The molecule has 1 amide bonds. The first-order chi connectivity index (χ1) is 10.5. The van der Waals surface area contributed by atoms with E-state index in [0.29, 0.717) is 17.3 Å². The summed E-state index contributed by atoms with van der Waals surface area (Å²) in [5.74, 6) is 0.561. The highest BCUT2D eigenvalue weighted by molar-refractivity contribution is 7.17. The molecule has 0 aliphatic heterocycles. The average molecular weight is 317 g/mol. The maximum atomic E-state index is 12.3. The van der Waals surface area contributed by atoms with Gasteiger partial charge < -0.3 is 10.2 Å². The number of nitrogens with zero attached hydrogens (tertiary/aromatic N) is 2. The fourth-order valence-corrected chi connectivity index (χ4v) is 3.02. The molecule has 1 aromatic heterocycles. The Balaban J connectivity index is 2.09. The highest BCUT2D eigenvalue weighted by atomic mass is 32.1. The van der Waals surface area contributed by atoms with Crippen molar-refractivity contribution >= 4 is 28.1 Å². The molecule has 1 aromatic carbocycles. The molecular weight excluding hydrogens is 294 g/mol. The van der Waals surface area contributed by atoms with Gasteiger partial charge in [-0.3, -0.25) is 4.79 Å². The predicted octanol–water partition coefficient (Wildman–Crippen LogP) is 4.00. The maximum Gasteiger partial charge on any atom is 0.263 e. The topological polar surface area (TPSA) is 45.2 Å². The van der Waals surface area contributed by atoms with Crippen molar-refractivity contribution in [2.24, 2.45) is 5.92 Å². The minimum Gasteiger partial charge on any atom is -0.351 e. The highest BCUT2D eigenvalue weighted by Crippen LogP contribution is 2.30. The van der Waals surface area contributed by atoms with Crippen molar-refractivity contribution in [1.29, 1.82) is 0 Å². The smallest absolute Gasteiger partial charge is 0.263 e. The van der Waals surface area contributed by atoms with Crippen LogP contribution in [0.3, 0.4) is 0 Å². The summed E-state index contributed by atoms with van der Waals surface area (Å²) in [5.41, 5.74) is 1.84. The number of aryl methyl sites for hydroxylation is 1. The fourth-order valence-electron chi connectivity index (χ4n) is 2.05. The van der Waals surface area contributed by atoms with Crippen molar-refractivity contribution in [3.05, 3.63) is 40.9 Å². The second-order valence-electron chi connectivity index (χ2n) is 5.74. The molecule has 0 saturated heterocycles. The van der Waals surface area contributed by atoms with Gasteiger partial charge >= 0.3 is 0 Å². The summed E-state index contributed by atoms with van der Waals surface area (Å²) >= 11 is 1.43. The summed E-state index contributed by atoms with van der Waals surface area (Å²) in [7, 11) is 1.97. The van der Waals surface area contributed by atoms with Crippen LogP contribution in [0.4, 0.5) is 10.8 Å². The van der Waals surface area contributed by atoms with E-state index in [1.165, 1.54) is 11.3 Å². The quantitative estimate of drug-likeness (QED) is 0.876. The van der Waals surface area contributed by atoms with Crippen molar-refractivity contribution in [1.82, 2.24) is 10.3 Å². The van der Waals surface area contributed by atoms with Crippen LogP contribution in [0.5, 0.6) is 0 Å².